The number of nitrogens with one attached hydrogen (secondary N) is 1. The molecule has 2 aromatic carbocycles. The van der Waals surface area contributed by atoms with Gasteiger partial charge in [-0.1, -0.05) is 48.5 Å². The maximum Gasteiger partial charge on any atom is 0.407 e. The molecule has 1 fully saturated rings. The predicted octanol–water partition coefficient (Wildman–Crippen LogP) is 4.64. The molecule has 0 saturated carbocycles. The molecule has 1 aliphatic heterocycles. The number of esters is 1. The van der Waals surface area contributed by atoms with E-state index in [1.807, 2.05) is 36.4 Å². The number of alkyl carbamates (subject to hydrolysis) is 1. The quantitative estimate of drug-likeness (QED) is 0.612. The fraction of sp³-hybridized carbons (Fsp3) is 0.464. The highest BCUT2D eigenvalue weighted by atomic mass is 16.6. The van der Waals surface area contributed by atoms with Crippen LogP contribution >= 0.6 is 0 Å². The van der Waals surface area contributed by atoms with E-state index in [0.717, 1.165) is 41.5 Å². The lowest BCUT2D eigenvalue weighted by molar-refractivity contribution is -0.157. The number of piperidine rings is 1. The van der Waals surface area contributed by atoms with Crippen molar-refractivity contribution in [1.82, 2.24) is 10.2 Å². The molecule has 1 atom stereocenters. The number of carbonyl (C=O) groups excluding carboxylic acids is 3. The lowest BCUT2D eigenvalue weighted by Gasteiger charge is -2.31. The van der Waals surface area contributed by atoms with Gasteiger partial charge in [0.1, 0.15) is 18.2 Å². The minimum atomic E-state index is -1.03. The van der Waals surface area contributed by atoms with E-state index in [-0.39, 0.29) is 24.9 Å². The third-order valence-electron chi connectivity index (χ3n) is 6.39. The summed E-state index contributed by atoms with van der Waals surface area (Å²) >= 11 is 0. The molecule has 2 aromatic rings. The van der Waals surface area contributed by atoms with Crippen LogP contribution < -0.4 is 5.32 Å². The van der Waals surface area contributed by atoms with E-state index in [2.05, 4.69) is 17.4 Å². The first kappa shape index (κ1) is 24.8. The molecule has 2 aliphatic rings. The molecule has 7 heteroatoms. The van der Waals surface area contributed by atoms with Crippen LogP contribution in [0.1, 0.15) is 63.5 Å². The summed E-state index contributed by atoms with van der Waals surface area (Å²) in [6.07, 6.45) is 1.94. The van der Waals surface area contributed by atoms with Crippen molar-refractivity contribution >= 4 is 18.0 Å². The largest absolute Gasteiger partial charge is 0.460 e. The number of hydrogen-bond acceptors (Lipinski definition) is 5. The highest BCUT2D eigenvalue weighted by Gasteiger charge is 2.33. The van der Waals surface area contributed by atoms with Crippen LogP contribution in [0.15, 0.2) is 48.5 Å². The Morgan fingerprint density at radius 1 is 0.943 bits per heavy atom. The van der Waals surface area contributed by atoms with Gasteiger partial charge in [-0.3, -0.25) is 9.59 Å². The number of benzene rings is 2. The molecule has 1 aliphatic carbocycles. The van der Waals surface area contributed by atoms with Crippen LogP contribution in [-0.2, 0) is 19.1 Å². The average Bonchev–Trinajstić information content (AvgIpc) is 3.15. The Hall–Kier alpha value is -3.35. The number of hydrogen-bond donors (Lipinski definition) is 1. The van der Waals surface area contributed by atoms with Crippen LogP contribution in [0.2, 0.25) is 0 Å². The van der Waals surface area contributed by atoms with Crippen LogP contribution in [0.25, 0.3) is 11.1 Å². The standard InChI is InChI=1S/C28H34N2O5/c1-28(2,3)35-25(31)17-24(26(32)30-15-9-4-10-16-30)29-27(33)34-18-23-21-13-7-5-11-19(21)20-12-6-8-14-22(20)23/h5-8,11-14,23-24H,4,9-10,15-18H2,1-3H3,(H,29,33)/t24-/m0/s1. The van der Waals surface area contributed by atoms with Gasteiger partial charge in [0.15, 0.2) is 0 Å². The molecule has 0 spiro atoms. The van der Waals surface area contributed by atoms with Gasteiger partial charge >= 0.3 is 12.1 Å². The smallest absolute Gasteiger partial charge is 0.407 e. The maximum absolute atomic E-state index is 13.2. The summed E-state index contributed by atoms with van der Waals surface area (Å²) in [6, 6.07) is 15.2. The van der Waals surface area contributed by atoms with E-state index < -0.39 is 23.7 Å². The zero-order valence-corrected chi connectivity index (χ0v) is 20.7. The molecule has 4 rings (SSSR count). The molecular weight excluding hydrogens is 444 g/mol. The number of fused-ring (bicyclic) bond motifs is 3. The van der Waals surface area contributed by atoms with Crippen molar-refractivity contribution in [3.05, 3.63) is 59.7 Å². The fourth-order valence-corrected chi connectivity index (χ4v) is 4.87. The second-order valence-corrected chi connectivity index (χ2v) is 10.2. The summed E-state index contributed by atoms with van der Waals surface area (Å²) in [5.74, 6) is -0.897. The first-order chi connectivity index (χ1) is 16.7. The SMILES string of the molecule is CC(C)(C)OC(=O)C[C@H](NC(=O)OCC1c2ccccc2-c2ccccc21)C(=O)N1CCCCC1. The Balaban J connectivity index is 1.44. The van der Waals surface area contributed by atoms with Gasteiger partial charge in [0.25, 0.3) is 0 Å². The molecule has 0 aromatic heterocycles. The van der Waals surface area contributed by atoms with Crippen molar-refractivity contribution in [1.29, 1.82) is 0 Å². The number of ether oxygens (including phenoxy) is 2. The van der Waals surface area contributed by atoms with Crippen LogP contribution in [0.3, 0.4) is 0 Å². The van der Waals surface area contributed by atoms with Crippen molar-refractivity contribution in [2.24, 2.45) is 0 Å². The summed E-state index contributed by atoms with van der Waals surface area (Å²) < 4.78 is 11.0. The van der Waals surface area contributed by atoms with Gasteiger partial charge in [-0.25, -0.2) is 4.79 Å². The van der Waals surface area contributed by atoms with Gasteiger partial charge in [0.05, 0.1) is 6.42 Å². The van der Waals surface area contributed by atoms with Crippen molar-refractivity contribution < 1.29 is 23.9 Å². The number of likely N-dealkylation sites (tertiary alicyclic amines) is 1. The molecule has 0 bridgehead atoms. The van der Waals surface area contributed by atoms with Crippen LogP contribution in [0, 0.1) is 0 Å². The minimum absolute atomic E-state index is 0.0877. The predicted molar refractivity (Wildman–Crippen MR) is 133 cm³/mol. The average molecular weight is 479 g/mol. The Labute approximate surface area is 206 Å². The fourth-order valence-electron chi connectivity index (χ4n) is 4.87. The lowest BCUT2D eigenvalue weighted by atomic mass is 9.98. The van der Waals surface area contributed by atoms with E-state index in [4.69, 9.17) is 9.47 Å². The Morgan fingerprint density at radius 2 is 1.51 bits per heavy atom. The van der Waals surface area contributed by atoms with Gasteiger partial charge < -0.3 is 19.7 Å². The number of nitrogens with zero attached hydrogens (tertiary/aromatic N) is 1. The second kappa shape index (κ2) is 10.5. The Morgan fingerprint density at radius 3 is 2.09 bits per heavy atom. The summed E-state index contributed by atoms with van der Waals surface area (Å²) in [5, 5.41) is 2.65. The van der Waals surface area contributed by atoms with Crippen LogP contribution in [0.5, 0.6) is 0 Å². The van der Waals surface area contributed by atoms with Crippen molar-refractivity contribution in [3.8, 4) is 11.1 Å². The zero-order chi connectivity index (χ0) is 25.0. The molecule has 186 valence electrons. The molecule has 1 N–H and O–H groups in total. The van der Waals surface area contributed by atoms with Crippen molar-refractivity contribution in [2.75, 3.05) is 19.7 Å². The molecule has 7 nitrogen and oxygen atoms in total. The topological polar surface area (TPSA) is 84.9 Å². The van der Waals surface area contributed by atoms with Gasteiger partial charge in [0, 0.05) is 19.0 Å². The molecule has 35 heavy (non-hydrogen) atoms. The monoisotopic (exact) mass is 478 g/mol. The van der Waals surface area contributed by atoms with Crippen molar-refractivity contribution in [2.45, 2.75) is 64.0 Å². The van der Waals surface area contributed by atoms with E-state index in [9.17, 15) is 14.4 Å². The van der Waals surface area contributed by atoms with E-state index in [1.165, 1.54) is 0 Å². The van der Waals surface area contributed by atoms with E-state index in [0.29, 0.717) is 13.1 Å². The van der Waals surface area contributed by atoms with Gasteiger partial charge in [-0.05, 0) is 62.3 Å². The number of rotatable bonds is 6. The summed E-state index contributed by atoms with van der Waals surface area (Å²) in [7, 11) is 0. The third kappa shape index (κ3) is 6.02. The van der Waals surface area contributed by atoms with E-state index in [1.54, 1.807) is 25.7 Å². The molecule has 0 radical (unpaired) electrons. The van der Waals surface area contributed by atoms with Crippen molar-refractivity contribution in [3.63, 3.8) is 0 Å². The van der Waals surface area contributed by atoms with E-state index >= 15 is 0 Å². The second-order valence-electron chi connectivity index (χ2n) is 10.2. The zero-order valence-electron chi connectivity index (χ0n) is 20.7. The number of carbonyl (C=O) groups is 3. The van der Waals surface area contributed by atoms with Gasteiger partial charge in [-0.2, -0.15) is 0 Å². The first-order valence-corrected chi connectivity index (χ1v) is 12.3. The molecule has 0 unspecified atom stereocenters. The molecule has 1 saturated heterocycles. The summed E-state index contributed by atoms with van der Waals surface area (Å²) in [5.41, 5.74) is 3.81. The minimum Gasteiger partial charge on any atom is -0.460 e. The summed E-state index contributed by atoms with van der Waals surface area (Å²) in [6.45, 7) is 6.69. The van der Waals surface area contributed by atoms with Crippen LogP contribution in [0.4, 0.5) is 4.79 Å². The highest BCUT2D eigenvalue weighted by Crippen LogP contribution is 2.44. The third-order valence-corrected chi connectivity index (χ3v) is 6.39. The molecule has 2 amide bonds. The maximum atomic E-state index is 13.2. The normalized spacial score (nSPS) is 16.1. The van der Waals surface area contributed by atoms with Gasteiger partial charge in [0.2, 0.25) is 5.91 Å². The lowest BCUT2D eigenvalue weighted by Crippen LogP contribution is -2.51. The number of amides is 2. The Kier molecular flexibility index (Phi) is 7.43. The first-order valence-electron chi connectivity index (χ1n) is 12.3. The molecule has 1 heterocycles. The van der Waals surface area contributed by atoms with Crippen LogP contribution in [-0.4, -0.2) is 54.2 Å². The highest BCUT2D eigenvalue weighted by molar-refractivity contribution is 5.90. The Bertz CT molecular complexity index is 1040. The van der Waals surface area contributed by atoms with Gasteiger partial charge in [-0.15, -0.1) is 0 Å². The summed E-state index contributed by atoms with van der Waals surface area (Å²) in [4.78, 5) is 40.2. The molecular formula is C28H34N2O5.